The molecule has 0 aliphatic carbocycles. The van der Waals surface area contributed by atoms with Crippen LogP contribution >= 0.6 is 11.6 Å². The van der Waals surface area contributed by atoms with Crippen LogP contribution in [0, 0.1) is 6.92 Å². The highest BCUT2D eigenvalue weighted by molar-refractivity contribution is 7.80. The van der Waals surface area contributed by atoms with Gasteiger partial charge in [-0.2, -0.15) is 0 Å². The summed E-state index contributed by atoms with van der Waals surface area (Å²) >= 11 is 3.88. The summed E-state index contributed by atoms with van der Waals surface area (Å²) in [6, 6.07) is 14.4. The van der Waals surface area contributed by atoms with E-state index < -0.39 is 11.3 Å². The van der Waals surface area contributed by atoms with Crippen LogP contribution in [0.4, 0.5) is 5.69 Å². The summed E-state index contributed by atoms with van der Waals surface area (Å²) in [7, 11) is 4.82. The van der Waals surface area contributed by atoms with Crippen molar-refractivity contribution >= 4 is 34.5 Å². The lowest BCUT2D eigenvalue weighted by Crippen LogP contribution is -2.27. The molecule has 1 atom stereocenters. The van der Waals surface area contributed by atoms with Gasteiger partial charge >= 0.3 is 0 Å². The van der Waals surface area contributed by atoms with E-state index >= 15 is 0 Å². The van der Waals surface area contributed by atoms with E-state index in [0.717, 1.165) is 27.9 Å². The zero-order chi connectivity index (χ0) is 22.0. The molecule has 0 spiro atoms. The average Bonchev–Trinajstić information content (AvgIpc) is 2.98. The van der Waals surface area contributed by atoms with Crippen molar-refractivity contribution in [2.75, 3.05) is 18.9 Å². The number of nitrogens with zero attached hydrogens (tertiary/aromatic N) is 2. The average molecular weight is 448 g/mol. The molecule has 0 saturated heterocycles. The number of hydrogen-bond acceptors (Lipinski definition) is 3. The summed E-state index contributed by atoms with van der Waals surface area (Å²) in [4.78, 5) is 18.3. The van der Waals surface area contributed by atoms with Crippen molar-refractivity contribution in [3.05, 3.63) is 64.8 Å². The normalized spacial score (nSPS) is 11.9. The second-order valence-corrected chi connectivity index (χ2v) is 7.82. The highest BCUT2D eigenvalue weighted by Gasteiger charge is 2.27. The predicted molar refractivity (Wildman–Crippen MR) is 120 cm³/mol. The van der Waals surface area contributed by atoms with Crippen LogP contribution in [0.1, 0.15) is 16.1 Å². The van der Waals surface area contributed by atoms with E-state index in [9.17, 15) is 9.00 Å². The van der Waals surface area contributed by atoms with Crippen molar-refractivity contribution in [1.29, 1.82) is 0 Å². The zero-order valence-electron chi connectivity index (χ0n) is 17.0. The number of hydroxylamine groups is 2. The highest BCUT2D eigenvalue weighted by Crippen LogP contribution is 2.38. The molecule has 2 aromatic carbocycles. The fourth-order valence-electron chi connectivity index (χ4n) is 3.49. The smallest absolute Gasteiger partial charge is 0.294 e. The molecular formula is C21H22ClN3O4S. The Bertz CT molecular complexity index is 1090. The first-order valence-electron chi connectivity index (χ1n) is 9.00. The van der Waals surface area contributed by atoms with Crippen molar-refractivity contribution in [3.63, 3.8) is 0 Å². The summed E-state index contributed by atoms with van der Waals surface area (Å²) < 4.78 is 24.3. The lowest BCUT2D eigenvalue weighted by atomic mass is 9.98. The van der Waals surface area contributed by atoms with Crippen LogP contribution in [0.5, 0.6) is 0 Å². The van der Waals surface area contributed by atoms with Crippen LogP contribution in [0.25, 0.3) is 22.4 Å². The fraction of sp³-hybridized carbons (Fsp3) is 0.190. The molecule has 158 valence electrons. The third kappa shape index (κ3) is 4.27. The number of anilines is 1. The monoisotopic (exact) mass is 447 g/mol. The van der Waals surface area contributed by atoms with Gasteiger partial charge in [-0.3, -0.25) is 18.9 Å². The summed E-state index contributed by atoms with van der Waals surface area (Å²) in [6.45, 7) is 1.96. The van der Waals surface area contributed by atoms with Gasteiger partial charge < -0.3 is 4.57 Å². The molecular weight excluding hydrogens is 426 g/mol. The SMILES string of the molecule is CON(C)C(=O)c1c(-c2ccc(NS(=O)O)cc2)c(C)c(-c2ccc(Cl)cc2)n1C. The van der Waals surface area contributed by atoms with Gasteiger partial charge in [0.05, 0.1) is 12.8 Å². The molecule has 0 bridgehead atoms. The Balaban J connectivity index is 2.22. The summed E-state index contributed by atoms with van der Waals surface area (Å²) in [5, 5.41) is 1.81. The molecule has 1 unspecified atom stereocenters. The van der Waals surface area contributed by atoms with Crippen LogP contribution in [0.15, 0.2) is 48.5 Å². The van der Waals surface area contributed by atoms with Crippen LogP contribution in [0.3, 0.4) is 0 Å². The number of aromatic nitrogens is 1. The van der Waals surface area contributed by atoms with Gasteiger partial charge in [0.15, 0.2) is 0 Å². The second-order valence-electron chi connectivity index (χ2n) is 6.68. The van der Waals surface area contributed by atoms with Crippen LogP contribution in [-0.4, -0.2) is 38.5 Å². The van der Waals surface area contributed by atoms with E-state index in [1.807, 2.05) is 30.7 Å². The zero-order valence-corrected chi connectivity index (χ0v) is 18.5. The number of carbonyl (C=O) groups is 1. The van der Waals surface area contributed by atoms with E-state index in [2.05, 4.69) is 4.72 Å². The predicted octanol–water partition coefficient (Wildman–Crippen LogP) is 4.50. The molecule has 0 radical (unpaired) electrons. The summed E-state index contributed by atoms with van der Waals surface area (Å²) in [5.74, 6) is -0.294. The van der Waals surface area contributed by atoms with Gasteiger partial charge in [0.25, 0.3) is 17.2 Å². The van der Waals surface area contributed by atoms with E-state index in [0.29, 0.717) is 16.4 Å². The van der Waals surface area contributed by atoms with Crippen molar-refractivity contribution in [1.82, 2.24) is 9.63 Å². The van der Waals surface area contributed by atoms with E-state index in [-0.39, 0.29) is 5.91 Å². The Morgan fingerprint density at radius 1 is 1.13 bits per heavy atom. The molecule has 2 N–H and O–H groups in total. The minimum atomic E-state index is -2.16. The van der Waals surface area contributed by atoms with E-state index in [1.165, 1.54) is 12.2 Å². The van der Waals surface area contributed by atoms with Gasteiger partial charge in [-0.1, -0.05) is 35.9 Å². The lowest BCUT2D eigenvalue weighted by molar-refractivity contribution is -0.0761. The molecule has 9 heteroatoms. The highest BCUT2D eigenvalue weighted by atomic mass is 35.5. The number of benzene rings is 2. The van der Waals surface area contributed by atoms with Gasteiger partial charge in [0.2, 0.25) is 0 Å². The Morgan fingerprint density at radius 2 is 1.70 bits per heavy atom. The van der Waals surface area contributed by atoms with Gasteiger partial charge in [-0.25, -0.2) is 9.27 Å². The van der Waals surface area contributed by atoms with Gasteiger partial charge in [0.1, 0.15) is 5.69 Å². The Hall–Kier alpha value is -2.65. The molecule has 30 heavy (non-hydrogen) atoms. The Labute approximate surface area is 182 Å². The molecule has 1 amide bonds. The molecule has 1 aromatic heterocycles. The van der Waals surface area contributed by atoms with Crippen LogP contribution < -0.4 is 4.72 Å². The number of carbonyl (C=O) groups excluding carboxylic acids is 1. The Kier molecular flexibility index (Phi) is 6.62. The standard InChI is InChI=1S/C21H22ClN3O4S/c1-13-18(14-7-11-17(12-8-14)23-30(27)28)20(21(26)25(3)29-4)24(2)19(13)15-5-9-16(22)10-6-15/h5-12,23H,1-4H3,(H,27,28). The summed E-state index contributed by atoms with van der Waals surface area (Å²) in [5.41, 5.74) is 5.24. The van der Waals surface area contributed by atoms with Crippen molar-refractivity contribution in [2.24, 2.45) is 7.05 Å². The molecule has 1 heterocycles. The largest absolute Gasteiger partial charge is 0.339 e. The first kappa shape index (κ1) is 22.0. The first-order chi connectivity index (χ1) is 14.2. The van der Waals surface area contributed by atoms with E-state index in [4.69, 9.17) is 21.0 Å². The maximum atomic E-state index is 13.1. The Morgan fingerprint density at radius 3 is 2.23 bits per heavy atom. The lowest BCUT2D eigenvalue weighted by Gasteiger charge is -2.16. The number of rotatable bonds is 6. The van der Waals surface area contributed by atoms with Gasteiger partial charge in [-0.05, 0) is 47.9 Å². The topological polar surface area (TPSA) is 83.8 Å². The molecule has 0 saturated carbocycles. The molecule has 7 nitrogen and oxygen atoms in total. The molecule has 3 rings (SSSR count). The summed E-state index contributed by atoms with van der Waals surface area (Å²) in [6.07, 6.45) is 0. The minimum Gasteiger partial charge on any atom is -0.339 e. The minimum absolute atomic E-state index is 0.294. The third-order valence-corrected chi connectivity index (χ3v) is 5.56. The first-order valence-corrected chi connectivity index (χ1v) is 10.5. The number of hydrogen-bond donors (Lipinski definition) is 2. The fourth-order valence-corrected chi connectivity index (χ4v) is 3.95. The van der Waals surface area contributed by atoms with Crippen molar-refractivity contribution in [3.8, 4) is 22.4 Å². The van der Waals surface area contributed by atoms with Crippen molar-refractivity contribution in [2.45, 2.75) is 6.92 Å². The molecule has 0 aliphatic heterocycles. The number of nitrogens with one attached hydrogen (secondary N) is 1. The van der Waals surface area contributed by atoms with Gasteiger partial charge in [-0.15, -0.1) is 0 Å². The molecule has 0 fully saturated rings. The number of halogens is 1. The second kappa shape index (κ2) is 9.01. The maximum absolute atomic E-state index is 13.1. The van der Waals surface area contributed by atoms with Crippen LogP contribution in [0.2, 0.25) is 5.02 Å². The molecule has 3 aromatic rings. The van der Waals surface area contributed by atoms with E-state index in [1.54, 1.807) is 43.4 Å². The third-order valence-electron chi connectivity index (χ3n) is 4.90. The number of amides is 1. The molecule has 0 aliphatic rings. The maximum Gasteiger partial charge on any atom is 0.294 e. The quantitative estimate of drug-likeness (QED) is 0.430. The van der Waals surface area contributed by atoms with Crippen LogP contribution in [-0.2, 0) is 23.2 Å². The van der Waals surface area contributed by atoms with Crippen molar-refractivity contribution < 1.29 is 18.4 Å². The van der Waals surface area contributed by atoms with Gasteiger partial charge in [0, 0.05) is 30.4 Å².